The zero-order valence-electron chi connectivity index (χ0n) is 9.02. The van der Waals surface area contributed by atoms with E-state index in [0.717, 1.165) is 18.7 Å². The predicted octanol–water partition coefficient (Wildman–Crippen LogP) is 1.68. The van der Waals surface area contributed by atoms with Crippen LogP contribution in [0.4, 0.5) is 0 Å². The Morgan fingerprint density at radius 1 is 1.44 bits per heavy atom. The van der Waals surface area contributed by atoms with Gasteiger partial charge in [-0.2, -0.15) is 5.10 Å². The number of nitrogens with one attached hydrogen (secondary N) is 1. The minimum atomic E-state index is 0.694. The van der Waals surface area contributed by atoms with E-state index in [1.165, 1.54) is 11.9 Å². The zero-order chi connectivity index (χ0) is 11.4. The molecule has 0 atom stereocenters. The van der Waals surface area contributed by atoms with Crippen molar-refractivity contribution in [1.29, 1.82) is 0 Å². The molecule has 0 aliphatic rings. The Hall–Kier alpha value is -1.39. The van der Waals surface area contributed by atoms with E-state index in [4.69, 9.17) is 11.6 Å². The molecule has 1 heterocycles. The Morgan fingerprint density at radius 3 is 2.94 bits per heavy atom. The number of halogens is 1. The Bertz CT molecular complexity index is 453. The Morgan fingerprint density at radius 2 is 2.31 bits per heavy atom. The van der Waals surface area contributed by atoms with E-state index in [1.807, 2.05) is 19.2 Å². The monoisotopic (exact) mass is 236 g/mol. The first-order valence-electron chi connectivity index (χ1n) is 5.09. The van der Waals surface area contributed by atoms with Crippen LogP contribution in [0.15, 0.2) is 30.9 Å². The van der Waals surface area contributed by atoms with Gasteiger partial charge in [-0.1, -0.05) is 17.7 Å². The van der Waals surface area contributed by atoms with Gasteiger partial charge in [0, 0.05) is 0 Å². The van der Waals surface area contributed by atoms with E-state index in [-0.39, 0.29) is 0 Å². The van der Waals surface area contributed by atoms with Crippen molar-refractivity contribution in [2.24, 2.45) is 0 Å². The SMILES string of the molecule is CNCCc1ccc(-n2cncn2)c(Cl)c1. The fraction of sp³-hybridized carbons (Fsp3) is 0.273. The highest BCUT2D eigenvalue weighted by molar-refractivity contribution is 6.32. The third kappa shape index (κ3) is 2.40. The molecule has 0 bridgehead atoms. The maximum Gasteiger partial charge on any atom is 0.138 e. The smallest absolute Gasteiger partial charge is 0.138 e. The summed E-state index contributed by atoms with van der Waals surface area (Å²) >= 11 is 6.19. The van der Waals surface area contributed by atoms with Gasteiger partial charge in [-0.25, -0.2) is 9.67 Å². The van der Waals surface area contributed by atoms with Crippen molar-refractivity contribution in [3.8, 4) is 5.69 Å². The van der Waals surface area contributed by atoms with Crippen LogP contribution in [0.25, 0.3) is 5.69 Å². The fourth-order valence-corrected chi connectivity index (χ4v) is 1.78. The Balaban J connectivity index is 2.23. The highest BCUT2D eigenvalue weighted by atomic mass is 35.5. The van der Waals surface area contributed by atoms with Gasteiger partial charge in [0.2, 0.25) is 0 Å². The number of hydrogen-bond acceptors (Lipinski definition) is 3. The van der Waals surface area contributed by atoms with Crippen LogP contribution in [-0.4, -0.2) is 28.4 Å². The van der Waals surface area contributed by atoms with E-state index >= 15 is 0 Å². The fourth-order valence-electron chi connectivity index (χ4n) is 1.49. The Kier molecular flexibility index (Phi) is 3.54. The summed E-state index contributed by atoms with van der Waals surface area (Å²) in [7, 11) is 1.94. The molecule has 0 saturated carbocycles. The summed E-state index contributed by atoms with van der Waals surface area (Å²) < 4.78 is 1.66. The molecule has 0 spiro atoms. The molecule has 1 aromatic carbocycles. The number of nitrogens with zero attached hydrogens (tertiary/aromatic N) is 3. The van der Waals surface area contributed by atoms with Crippen molar-refractivity contribution in [2.45, 2.75) is 6.42 Å². The van der Waals surface area contributed by atoms with Crippen LogP contribution in [0.5, 0.6) is 0 Å². The molecule has 0 saturated heterocycles. The maximum atomic E-state index is 6.19. The normalized spacial score (nSPS) is 10.6. The lowest BCUT2D eigenvalue weighted by atomic mass is 10.1. The largest absolute Gasteiger partial charge is 0.319 e. The van der Waals surface area contributed by atoms with Gasteiger partial charge in [0.1, 0.15) is 12.7 Å². The molecule has 0 amide bonds. The van der Waals surface area contributed by atoms with Gasteiger partial charge < -0.3 is 5.32 Å². The van der Waals surface area contributed by atoms with Gasteiger partial charge >= 0.3 is 0 Å². The van der Waals surface area contributed by atoms with Crippen molar-refractivity contribution in [3.63, 3.8) is 0 Å². The summed E-state index contributed by atoms with van der Waals surface area (Å²) in [5.41, 5.74) is 2.07. The van der Waals surface area contributed by atoms with Crippen LogP contribution >= 0.6 is 11.6 Å². The summed E-state index contributed by atoms with van der Waals surface area (Å²) in [5.74, 6) is 0. The number of benzene rings is 1. The lowest BCUT2D eigenvalue weighted by molar-refractivity contribution is 0.791. The molecule has 1 aromatic heterocycles. The van der Waals surface area contributed by atoms with Gasteiger partial charge in [-0.3, -0.25) is 0 Å². The molecular formula is C11H13ClN4. The number of aromatic nitrogens is 3. The second-order valence-corrected chi connectivity index (χ2v) is 3.89. The third-order valence-electron chi connectivity index (χ3n) is 2.34. The molecule has 1 N–H and O–H groups in total. The standard InChI is InChI=1S/C11H13ClN4/c1-13-5-4-9-2-3-11(10(12)6-9)16-8-14-7-15-16/h2-3,6-8,13H,4-5H2,1H3. The van der Waals surface area contributed by atoms with Crippen molar-refractivity contribution < 1.29 is 0 Å². The van der Waals surface area contributed by atoms with Gasteiger partial charge in [0.05, 0.1) is 10.7 Å². The molecule has 5 heteroatoms. The summed E-state index contributed by atoms with van der Waals surface area (Å²) in [5, 5.41) is 7.85. The highest BCUT2D eigenvalue weighted by Crippen LogP contribution is 2.21. The maximum absolute atomic E-state index is 6.19. The molecule has 0 aliphatic carbocycles. The van der Waals surface area contributed by atoms with E-state index in [9.17, 15) is 0 Å². The quantitative estimate of drug-likeness (QED) is 0.879. The first-order valence-corrected chi connectivity index (χ1v) is 5.47. The van der Waals surface area contributed by atoms with E-state index in [1.54, 1.807) is 11.0 Å². The molecular weight excluding hydrogens is 224 g/mol. The highest BCUT2D eigenvalue weighted by Gasteiger charge is 2.04. The van der Waals surface area contributed by atoms with E-state index in [0.29, 0.717) is 5.02 Å². The van der Waals surface area contributed by atoms with Crippen LogP contribution in [-0.2, 0) is 6.42 Å². The molecule has 2 aromatic rings. The lowest BCUT2D eigenvalue weighted by Gasteiger charge is -2.06. The number of likely N-dealkylation sites (N-methyl/N-ethyl adjacent to an activating group) is 1. The molecule has 0 unspecified atom stereocenters. The summed E-state index contributed by atoms with van der Waals surface area (Å²) in [6.07, 6.45) is 4.09. The van der Waals surface area contributed by atoms with Crippen LogP contribution < -0.4 is 5.32 Å². The second kappa shape index (κ2) is 5.09. The molecule has 0 aliphatic heterocycles. The summed E-state index contributed by atoms with van der Waals surface area (Å²) in [6, 6.07) is 5.98. The third-order valence-corrected chi connectivity index (χ3v) is 2.64. The number of hydrogen-bond donors (Lipinski definition) is 1. The van der Waals surface area contributed by atoms with Gasteiger partial charge in [-0.15, -0.1) is 0 Å². The second-order valence-electron chi connectivity index (χ2n) is 3.48. The lowest BCUT2D eigenvalue weighted by Crippen LogP contribution is -2.10. The molecule has 4 nitrogen and oxygen atoms in total. The predicted molar refractivity (Wildman–Crippen MR) is 64.0 cm³/mol. The first-order chi connectivity index (χ1) is 7.81. The van der Waals surface area contributed by atoms with Crippen molar-refractivity contribution in [3.05, 3.63) is 41.4 Å². The van der Waals surface area contributed by atoms with Crippen molar-refractivity contribution >= 4 is 11.6 Å². The van der Waals surface area contributed by atoms with Crippen LogP contribution in [0.2, 0.25) is 5.02 Å². The average molecular weight is 237 g/mol. The molecule has 0 radical (unpaired) electrons. The molecule has 2 rings (SSSR count). The molecule has 0 fully saturated rings. The minimum Gasteiger partial charge on any atom is -0.319 e. The van der Waals surface area contributed by atoms with Crippen molar-refractivity contribution in [2.75, 3.05) is 13.6 Å². The molecule has 84 valence electrons. The summed E-state index contributed by atoms with van der Waals surface area (Å²) in [4.78, 5) is 3.89. The minimum absolute atomic E-state index is 0.694. The Labute approximate surface area is 99.3 Å². The topological polar surface area (TPSA) is 42.7 Å². The van der Waals surface area contributed by atoms with E-state index < -0.39 is 0 Å². The van der Waals surface area contributed by atoms with Crippen LogP contribution in [0.1, 0.15) is 5.56 Å². The number of rotatable bonds is 4. The first kappa shape index (κ1) is 11.1. The van der Waals surface area contributed by atoms with Gasteiger partial charge in [-0.05, 0) is 37.7 Å². The van der Waals surface area contributed by atoms with Gasteiger partial charge in [0.15, 0.2) is 0 Å². The average Bonchev–Trinajstić information content (AvgIpc) is 2.80. The van der Waals surface area contributed by atoms with Gasteiger partial charge in [0.25, 0.3) is 0 Å². The summed E-state index contributed by atoms with van der Waals surface area (Å²) in [6.45, 7) is 0.943. The van der Waals surface area contributed by atoms with Crippen LogP contribution in [0, 0.1) is 0 Å². The van der Waals surface area contributed by atoms with E-state index in [2.05, 4.69) is 21.5 Å². The van der Waals surface area contributed by atoms with Crippen molar-refractivity contribution in [1.82, 2.24) is 20.1 Å². The molecule has 16 heavy (non-hydrogen) atoms. The van der Waals surface area contributed by atoms with Crippen LogP contribution in [0.3, 0.4) is 0 Å². The zero-order valence-corrected chi connectivity index (χ0v) is 9.78.